The van der Waals surface area contributed by atoms with Crippen LogP contribution in [0.4, 0.5) is 8.78 Å². The van der Waals surface area contributed by atoms with E-state index in [9.17, 15) is 22.0 Å². The van der Waals surface area contributed by atoms with Crippen LogP contribution in [0.1, 0.15) is 13.8 Å². The van der Waals surface area contributed by atoms with Gasteiger partial charge in [0.1, 0.15) is 11.6 Å². The second-order valence-corrected chi connectivity index (χ2v) is 5.42. The van der Waals surface area contributed by atoms with Gasteiger partial charge in [-0.05, 0) is 12.1 Å². The fourth-order valence-corrected chi connectivity index (χ4v) is 2.04. The maximum absolute atomic E-state index is 13.3. The molecule has 18 heavy (non-hydrogen) atoms. The van der Waals surface area contributed by atoms with Crippen LogP contribution in [0.2, 0.25) is 0 Å². The highest BCUT2D eigenvalue weighted by atomic mass is 32.2. The summed E-state index contributed by atoms with van der Waals surface area (Å²) in [5, 5.41) is 0. The summed E-state index contributed by atoms with van der Waals surface area (Å²) in [6, 6.07) is 2.65. The molecule has 0 heterocycles. The molecule has 0 aliphatic heterocycles. The summed E-state index contributed by atoms with van der Waals surface area (Å²) in [6.07, 6.45) is 0. The van der Waals surface area contributed by atoms with Crippen molar-refractivity contribution in [2.75, 3.05) is 0 Å². The van der Waals surface area contributed by atoms with Crippen LogP contribution in [0.25, 0.3) is 0 Å². The molecule has 8 heteroatoms. The van der Waals surface area contributed by atoms with E-state index in [0.717, 1.165) is 18.2 Å². The molecule has 0 aliphatic carbocycles. The van der Waals surface area contributed by atoms with E-state index in [1.165, 1.54) is 13.8 Å². The van der Waals surface area contributed by atoms with Gasteiger partial charge in [0, 0.05) is 5.92 Å². The van der Waals surface area contributed by atoms with Gasteiger partial charge in [-0.2, -0.15) is 0 Å². The number of amides is 1. The van der Waals surface area contributed by atoms with Crippen molar-refractivity contribution in [1.82, 2.24) is 10.3 Å². The van der Waals surface area contributed by atoms with Gasteiger partial charge in [-0.3, -0.25) is 10.2 Å². The minimum atomic E-state index is -4.48. The fourth-order valence-electron chi connectivity index (χ4n) is 1.05. The van der Waals surface area contributed by atoms with Gasteiger partial charge in [-0.1, -0.05) is 19.9 Å². The summed E-state index contributed by atoms with van der Waals surface area (Å²) in [4.78, 5) is 11.7. The van der Waals surface area contributed by atoms with Crippen LogP contribution < -0.4 is 10.3 Å². The molecule has 0 spiro atoms. The number of halogens is 2. The Kier molecular flexibility index (Phi) is 4.36. The number of carbonyl (C=O) groups is 1. The molecule has 0 saturated heterocycles. The molecule has 2 N–H and O–H groups in total. The van der Waals surface area contributed by atoms with Crippen LogP contribution in [-0.2, 0) is 14.8 Å². The Labute approximate surface area is 103 Å². The van der Waals surface area contributed by atoms with Crippen molar-refractivity contribution in [3.05, 3.63) is 29.8 Å². The van der Waals surface area contributed by atoms with Gasteiger partial charge in [0.15, 0.2) is 4.90 Å². The molecule has 1 aromatic rings. The van der Waals surface area contributed by atoms with Gasteiger partial charge in [0.05, 0.1) is 0 Å². The van der Waals surface area contributed by atoms with Gasteiger partial charge < -0.3 is 0 Å². The van der Waals surface area contributed by atoms with Crippen molar-refractivity contribution in [2.45, 2.75) is 18.7 Å². The standard InChI is InChI=1S/C10H12F2N2O3S/c1-6(2)10(15)13-14-18(16,17)9-7(11)4-3-5-8(9)12/h3-6,14H,1-2H3,(H,13,15). The van der Waals surface area contributed by atoms with E-state index >= 15 is 0 Å². The first-order valence-corrected chi connectivity index (χ1v) is 6.49. The third-order valence-corrected chi connectivity index (χ3v) is 3.32. The highest BCUT2D eigenvalue weighted by Crippen LogP contribution is 2.17. The van der Waals surface area contributed by atoms with Crippen molar-refractivity contribution >= 4 is 15.9 Å². The lowest BCUT2D eigenvalue weighted by molar-refractivity contribution is -0.124. The second kappa shape index (κ2) is 5.40. The Hall–Kier alpha value is -1.54. The Morgan fingerprint density at radius 3 is 2.17 bits per heavy atom. The third kappa shape index (κ3) is 3.23. The van der Waals surface area contributed by atoms with Crippen LogP contribution in [0.15, 0.2) is 23.1 Å². The highest BCUT2D eigenvalue weighted by molar-refractivity contribution is 7.89. The Morgan fingerprint density at radius 1 is 1.22 bits per heavy atom. The Bertz CT molecular complexity index is 538. The molecule has 0 bridgehead atoms. The number of hydrazine groups is 1. The molecule has 0 aromatic heterocycles. The quantitative estimate of drug-likeness (QED) is 0.805. The number of rotatable bonds is 4. The molecule has 1 aromatic carbocycles. The third-order valence-electron chi connectivity index (χ3n) is 2.02. The summed E-state index contributed by atoms with van der Waals surface area (Å²) in [5.74, 6) is -3.56. The smallest absolute Gasteiger partial charge is 0.263 e. The molecule has 1 rings (SSSR count). The molecule has 5 nitrogen and oxygen atoms in total. The van der Waals surface area contributed by atoms with Crippen LogP contribution in [-0.4, -0.2) is 14.3 Å². The van der Waals surface area contributed by atoms with Crippen LogP contribution in [0.5, 0.6) is 0 Å². The summed E-state index contributed by atoms with van der Waals surface area (Å²) in [6.45, 7) is 3.07. The lowest BCUT2D eigenvalue weighted by Gasteiger charge is -2.11. The van der Waals surface area contributed by atoms with Crippen molar-refractivity contribution < 1.29 is 22.0 Å². The highest BCUT2D eigenvalue weighted by Gasteiger charge is 2.24. The monoisotopic (exact) mass is 278 g/mol. The average Bonchev–Trinajstić information content (AvgIpc) is 2.25. The van der Waals surface area contributed by atoms with E-state index in [2.05, 4.69) is 0 Å². The first-order chi connectivity index (χ1) is 8.25. The number of hydrogen-bond donors (Lipinski definition) is 2. The average molecular weight is 278 g/mol. The normalized spacial score (nSPS) is 11.6. The van der Waals surface area contributed by atoms with Crippen molar-refractivity contribution in [3.63, 3.8) is 0 Å². The Balaban J connectivity index is 2.98. The first kappa shape index (κ1) is 14.5. The molecular formula is C10H12F2N2O3S. The summed E-state index contributed by atoms with van der Waals surface area (Å²) >= 11 is 0. The van der Waals surface area contributed by atoms with Gasteiger partial charge in [0.25, 0.3) is 10.0 Å². The second-order valence-electron chi connectivity index (χ2n) is 3.80. The number of carbonyl (C=O) groups excluding carboxylic acids is 1. The molecule has 0 fully saturated rings. The number of benzene rings is 1. The molecule has 0 saturated carbocycles. The van der Waals surface area contributed by atoms with Crippen molar-refractivity contribution in [2.24, 2.45) is 5.92 Å². The fraction of sp³-hybridized carbons (Fsp3) is 0.300. The Morgan fingerprint density at radius 2 is 1.72 bits per heavy atom. The van der Waals surface area contributed by atoms with Crippen LogP contribution >= 0.6 is 0 Å². The molecule has 0 atom stereocenters. The molecule has 0 aliphatic rings. The zero-order valence-electron chi connectivity index (χ0n) is 9.70. The maximum Gasteiger partial charge on any atom is 0.263 e. The van der Waals surface area contributed by atoms with E-state index in [0.29, 0.717) is 0 Å². The minimum Gasteiger partial charge on any atom is -0.277 e. The van der Waals surface area contributed by atoms with E-state index in [1.54, 1.807) is 4.83 Å². The van der Waals surface area contributed by atoms with E-state index < -0.39 is 38.4 Å². The lowest BCUT2D eigenvalue weighted by Crippen LogP contribution is -2.43. The number of nitrogens with one attached hydrogen (secondary N) is 2. The van der Waals surface area contributed by atoms with Crippen LogP contribution in [0, 0.1) is 17.6 Å². The van der Waals surface area contributed by atoms with E-state index in [-0.39, 0.29) is 0 Å². The largest absolute Gasteiger partial charge is 0.277 e. The summed E-state index contributed by atoms with van der Waals surface area (Å²) in [5.41, 5.74) is 1.87. The first-order valence-electron chi connectivity index (χ1n) is 5.01. The molecule has 100 valence electrons. The molecular weight excluding hydrogens is 266 g/mol. The van der Waals surface area contributed by atoms with E-state index in [4.69, 9.17) is 0 Å². The molecule has 0 radical (unpaired) electrons. The molecule has 0 unspecified atom stereocenters. The SMILES string of the molecule is CC(C)C(=O)NNS(=O)(=O)c1c(F)cccc1F. The summed E-state index contributed by atoms with van der Waals surface area (Å²) < 4.78 is 49.7. The molecule has 1 amide bonds. The summed E-state index contributed by atoms with van der Waals surface area (Å²) in [7, 11) is -4.48. The zero-order chi connectivity index (χ0) is 13.9. The van der Waals surface area contributed by atoms with Gasteiger partial charge >= 0.3 is 0 Å². The number of sulfonamides is 1. The lowest BCUT2D eigenvalue weighted by atomic mass is 10.2. The number of hydrogen-bond acceptors (Lipinski definition) is 3. The minimum absolute atomic E-state index is 0.474. The van der Waals surface area contributed by atoms with Crippen molar-refractivity contribution in [1.29, 1.82) is 0 Å². The maximum atomic E-state index is 13.3. The van der Waals surface area contributed by atoms with Gasteiger partial charge in [-0.15, -0.1) is 4.83 Å². The predicted octanol–water partition coefficient (Wildman–Crippen LogP) is 0.930. The van der Waals surface area contributed by atoms with Crippen LogP contribution in [0.3, 0.4) is 0 Å². The van der Waals surface area contributed by atoms with E-state index in [1.807, 2.05) is 5.43 Å². The topological polar surface area (TPSA) is 75.3 Å². The van der Waals surface area contributed by atoms with Crippen molar-refractivity contribution in [3.8, 4) is 0 Å². The van der Waals surface area contributed by atoms with Gasteiger partial charge in [0.2, 0.25) is 5.91 Å². The van der Waals surface area contributed by atoms with Gasteiger partial charge in [-0.25, -0.2) is 17.2 Å². The predicted molar refractivity (Wildman–Crippen MR) is 59.7 cm³/mol. The zero-order valence-corrected chi connectivity index (χ0v) is 10.5.